The van der Waals surface area contributed by atoms with Crippen LogP contribution in [0.5, 0.6) is 5.75 Å². The summed E-state index contributed by atoms with van der Waals surface area (Å²) in [6.45, 7) is -0.611. The zero-order valence-corrected chi connectivity index (χ0v) is 16.0. The number of methoxy groups -OCH3 is 1. The molecule has 0 bridgehead atoms. The number of nitro groups is 1. The molecule has 3 rings (SSSR count). The van der Waals surface area contributed by atoms with E-state index in [1.165, 1.54) is 42.0 Å². The molecular formula is C19H15N3O6S. The van der Waals surface area contributed by atoms with Gasteiger partial charge in [-0.2, -0.15) is 0 Å². The van der Waals surface area contributed by atoms with Gasteiger partial charge in [-0.25, -0.2) is 9.78 Å². The fourth-order valence-electron chi connectivity index (χ4n) is 2.37. The summed E-state index contributed by atoms with van der Waals surface area (Å²) in [4.78, 5) is 38.9. The van der Waals surface area contributed by atoms with E-state index in [0.717, 1.165) is 5.56 Å². The van der Waals surface area contributed by atoms with Crippen molar-refractivity contribution < 1.29 is 24.0 Å². The zero-order chi connectivity index (χ0) is 20.8. The van der Waals surface area contributed by atoms with Crippen LogP contribution < -0.4 is 10.1 Å². The van der Waals surface area contributed by atoms with E-state index in [9.17, 15) is 19.7 Å². The summed E-state index contributed by atoms with van der Waals surface area (Å²) in [5, 5.41) is 15.7. The first kappa shape index (κ1) is 20.0. The van der Waals surface area contributed by atoms with E-state index < -0.39 is 23.4 Å². The van der Waals surface area contributed by atoms with E-state index >= 15 is 0 Å². The fourth-order valence-corrected chi connectivity index (χ4v) is 3.16. The minimum atomic E-state index is -0.761. The number of carbonyl (C=O) groups excluding carboxylic acids is 2. The summed E-state index contributed by atoms with van der Waals surface area (Å²) in [7, 11) is 1.37. The van der Waals surface area contributed by atoms with E-state index in [4.69, 9.17) is 9.47 Å². The number of hydrogen-bond donors (Lipinski definition) is 1. The number of esters is 1. The molecule has 2 aromatic carbocycles. The maximum atomic E-state index is 12.1. The summed E-state index contributed by atoms with van der Waals surface area (Å²) in [5.41, 5.74) is 0.575. The number of aromatic nitrogens is 1. The molecule has 0 radical (unpaired) electrons. The van der Waals surface area contributed by atoms with Gasteiger partial charge in [0.05, 0.1) is 18.1 Å². The van der Waals surface area contributed by atoms with Crippen LogP contribution in [0.15, 0.2) is 53.9 Å². The van der Waals surface area contributed by atoms with Crippen molar-refractivity contribution in [1.29, 1.82) is 0 Å². The van der Waals surface area contributed by atoms with Crippen molar-refractivity contribution in [2.75, 3.05) is 19.0 Å². The Hall–Kier alpha value is -3.79. The number of nitrogens with one attached hydrogen (secondary N) is 1. The van der Waals surface area contributed by atoms with Gasteiger partial charge >= 0.3 is 5.97 Å². The van der Waals surface area contributed by atoms with E-state index in [-0.39, 0.29) is 22.8 Å². The molecule has 0 aliphatic heterocycles. The van der Waals surface area contributed by atoms with Crippen molar-refractivity contribution in [3.05, 3.63) is 69.7 Å². The molecule has 0 aliphatic rings. The van der Waals surface area contributed by atoms with Crippen LogP contribution in [-0.2, 0) is 9.53 Å². The van der Waals surface area contributed by atoms with Crippen LogP contribution in [0.2, 0.25) is 0 Å². The SMILES string of the molecule is COc1ccc(NC(=O)COC(=O)c2csc(-c3ccccc3)n2)c([N+](=O)[O-])c1. The first-order valence-electron chi connectivity index (χ1n) is 8.28. The number of hydrogen-bond acceptors (Lipinski definition) is 8. The van der Waals surface area contributed by atoms with Crippen LogP contribution in [0.3, 0.4) is 0 Å². The summed E-state index contributed by atoms with van der Waals surface area (Å²) in [6.07, 6.45) is 0. The maximum Gasteiger partial charge on any atom is 0.358 e. The monoisotopic (exact) mass is 413 g/mol. The largest absolute Gasteiger partial charge is 0.496 e. The highest BCUT2D eigenvalue weighted by Crippen LogP contribution is 2.29. The third-order valence-electron chi connectivity index (χ3n) is 3.74. The second-order valence-electron chi connectivity index (χ2n) is 5.67. The normalized spacial score (nSPS) is 10.2. The Balaban J connectivity index is 1.61. The number of nitrogens with zero attached hydrogens (tertiary/aromatic N) is 2. The lowest BCUT2D eigenvalue weighted by Crippen LogP contribution is -2.21. The highest BCUT2D eigenvalue weighted by Gasteiger charge is 2.19. The van der Waals surface area contributed by atoms with Gasteiger partial charge in [0.15, 0.2) is 12.3 Å². The van der Waals surface area contributed by atoms with Gasteiger partial charge in [-0.15, -0.1) is 11.3 Å². The van der Waals surface area contributed by atoms with Gasteiger partial charge in [0, 0.05) is 10.9 Å². The van der Waals surface area contributed by atoms with Crippen LogP contribution >= 0.6 is 11.3 Å². The molecule has 0 saturated carbocycles. The molecule has 3 aromatic rings. The van der Waals surface area contributed by atoms with E-state index in [1.807, 2.05) is 30.3 Å². The number of benzene rings is 2. The van der Waals surface area contributed by atoms with Crippen molar-refractivity contribution >= 4 is 34.6 Å². The molecule has 0 atom stereocenters. The third-order valence-corrected chi connectivity index (χ3v) is 4.64. The van der Waals surface area contributed by atoms with Gasteiger partial charge in [-0.05, 0) is 12.1 Å². The number of anilines is 1. The number of thiazole rings is 1. The number of ether oxygens (including phenoxy) is 2. The predicted octanol–water partition coefficient (Wildman–Crippen LogP) is 3.52. The van der Waals surface area contributed by atoms with Crippen LogP contribution in [-0.4, -0.2) is 35.5 Å². The lowest BCUT2D eigenvalue weighted by Gasteiger charge is -2.07. The van der Waals surface area contributed by atoms with Crippen LogP contribution in [0.1, 0.15) is 10.5 Å². The average Bonchev–Trinajstić information content (AvgIpc) is 3.23. The molecule has 29 heavy (non-hydrogen) atoms. The predicted molar refractivity (Wildman–Crippen MR) is 106 cm³/mol. The Morgan fingerprint density at radius 2 is 1.97 bits per heavy atom. The van der Waals surface area contributed by atoms with Crippen LogP contribution in [0.4, 0.5) is 11.4 Å². The second kappa shape index (κ2) is 8.93. The molecule has 10 heteroatoms. The molecule has 9 nitrogen and oxygen atoms in total. The van der Waals surface area contributed by atoms with Gasteiger partial charge in [0.2, 0.25) is 0 Å². The van der Waals surface area contributed by atoms with Crippen molar-refractivity contribution in [2.45, 2.75) is 0 Å². The summed E-state index contributed by atoms with van der Waals surface area (Å²) in [6, 6.07) is 13.3. The van der Waals surface area contributed by atoms with Gasteiger partial charge in [-0.3, -0.25) is 14.9 Å². The molecule has 0 unspecified atom stereocenters. The van der Waals surface area contributed by atoms with Gasteiger partial charge < -0.3 is 14.8 Å². The van der Waals surface area contributed by atoms with Crippen molar-refractivity contribution in [3.63, 3.8) is 0 Å². The Labute approximate surface area is 169 Å². The van der Waals surface area contributed by atoms with Gasteiger partial charge in [0.1, 0.15) is 16.4 Å². The minimum Gasteiger partial charge on any atom is -0.496 e. The molecule has 0 spiro atoms. The molecule has 1 aromatic heterocycles. The lowest BCUT2D eigenvalue weighted by molar-refractivity contribution is -0.384. The molecule has 1 amide bonds. The third kappa shape index (κ3) is 4.93. The quantitative estimate of drug-likeness (QED) is 0.357. The van der Waals surface area contributed by atoms with Crippen LogP contribution in [0.25, 0.3) is 10.6 Å². The van der Waals surface area contributed by atoms with E-state index in [1.54, 1.807) is 0 Å². The van der Waals surface area contributed by atoms with E-state index in [0.29, 0.717) is 5.01 Å². The molecule has 0 saturated heterocycles. The second-order valence-corrected chi connectivity index (χ2v) is 6.53. The highest BCUT2D eigenvalue weighted by molar-refractivity contribution is 7.13. The Morgan fingerprint density at radius 1 is 1.21 bits per heavy atom. The Bertz CT molecular complexity index is 1050. The zero-order valence-electron chi connectivity index (χ0n) is 15.2. The number of nitro benzene ring substituents is 1. The molecule has 0 fully saturated rings. The van der Waals surface area contributed by atoms with Gasteiger partial charge in [-0.1, -0.05) is 30.3 Å². The first-order valence-corrected chi connectivity index (χ1v) is 9.16. The van der Waals surface area contributed by atoms with Crippen molar-refractivity contribution in [3.8, 4) is 16.3 Å². The first-order chi connectivity index (χ1) is 14.0. The number of carbonyl (C=O) groups is 2. The summed E-state index contributed by atoms with van der Waals surface area (Å²) >= 11 is 1.28. The summed E-state index contributed by atoms with van der Waals surface area (Å²) in [5.74, 6) is -1.20. The van der Waals surface area contributed by atoms with Crippen molar-refractivity contribution in [1.82, 2.24) is 4.98 Å². The standard InChI is InChI=1S/C19H15N3O6S/c1-27-13-7-8-14(16(9-13)22(25)26)20-17(23)10-28-19(24)15-11-29-18(21-15)12-5-3-2-4-6-12/h2-9,11H,10H2,1H3,(H,20,23). The summed E-state index contributed by atoms with van der Waals surface area (Å²) < 4.78 is 9.89. The molecular weight excluding hydrogens is 398 g/mol. The van der Waals surface area contributed by atoms with E-state index in [2.05, 4.69) is 10.3 Å². The van der Waals surface area contributed by atoms with Crippen LogP contribution in [0, 0.1) is 10.1 Å². The Kier molecular flexibility index (Phi) is 6.15. The number of amides is 1. The smallest absolute Gasteiger partial charge is 0.358 e. The lowest BCUT2D eigenvalue weighted by atomic mass is 10.2. The molecule has 1 N–H and O–H groups in total. The highest BCUT2D eigenvalue weighted by atomic mass is 32.1. The fraction of sp³-hybridized carbons (Fsp3) is 0.105. The topological polar surface area (TPSA) is 121 Å². The van der Waals surface area contributed by atoms with Crippen molar-refractivity contribution in [2.24, 2.45) is 0 Å². The molecule has 0 aliphatic carbocycles. The Morgan fingerprint density at radius 3 is 2.66 bits per heavy atom. The minimum absolute atomic E-state index is 0.0307. The number of rotatable bonds is 7. The van der Waals surface area contributed by atoms with Gasteiger partial charge in [0.25, 0.3) is 11.6 Å². The maximum absolute atomic E-state index is 12.1. The molecule has 1 heterocycles. The molecule has 148 valence electrons. The average molecular weight is 413 g/mol.